The van der Waals surface area contributed by atoms with Gasteiger partial charge in [-0.15, -0.1) is 0 Å². The molecule has 1 aromatic carbocycles. The normalized spacial score (nSPS) is 20.8. The summed E-state index contributed by atoms with van der Waals surface area (Å²) in [5, 5.41) is 2.90. The van der Waals surface area contributed by atoms with Crippen LogP contribution in [-0.2, 0) is 4.79 Å². The van der Waals surface area contributed by atoms with Crippen LogP contribution in [0.1, 0.15) is 13.3 Å². The zero-order valence-electron chi connectivity index (χ0n) is 12.3. The molecule has 1 aliphatic heterocycles. The van der Waals surface area contributed by atoms with E-state index >= 15 is 0 Å². The van der Waals surface area contributed by atoms with Gasteiger partial charge < -0.3 is 16.0 Å². The third-order valence-corrected chi connectivity index (χ3v) is 3.79. The number of amides is 1. The van der Waals surface area contributed by atoms with Crippen molar-refractivity contribution in [2.75, 3.05) is 44.3 Å². The maximum Gasteiger partial charge on any atom is 0.225 e. The van der Waals surface area contributed by atoms with Crippen molar-refractivity contribution in [3.63, 3.8) is 0 Å². The molecule has 2 rings (SSSR count). The van der Waals surface area contributed by atoms with Crippen LogP contribution in [-0.4, -0.2) is 55.0 Å². The molecule has 0 bridgehead atoms. The quantitative estimate of drug-likeness (QED) is 0.812. The Morgan fingerprint density at radius 2 is 2.05 bits per heavy atom. The van der Waals surface area contributed by atoms with Crippen LogP contribution < -0.4 is 11.1 Å². The van der Waals surface area contributed by atoms with Gasteiger partial charge in [-0.1, -0.05) is 0 Å². The summed E-state index contributed by atoms with van der Waals surface area (Å²) in [4.78, 5) is 16.6. The maximum absolute atomic E-state index is 11.9. The second kappa shape index (κ2) is 6.72. The van der Waals surface area contributed by atoms with Gasteiger partial charge >= 0.3 is 0 Å². The van der Waals surface area contributed by atoms with Gasteiger partial charge in [0.15, 0.2) is 0 Å². The summed E-state index contributed by atoms with van der Waals surface area (Å²) in [5.41, 5.74) is 7.12. The van der Waals surface area contributed by atoms with Gasteiger partial charge in [0, 0.05) is 50.0 Å². The lowest BCUT2D eigenvalue weighted by Gasteiger charge is -2.38. The molecule has 1 fully saturated rings. The molecule has 0 aromatic heterocycles. The van der Waals surface area contributed by atoms with E-state index < -0.39 is 0 Å². The van der Waals surface area contributed by atoms with E-state index in [0.29, 0.717) is 18.2 Å². The predicted octanol–water partition coefficient (Wildman–Crippen LogP) is 1.23. The molecule has 5 nitrogen and oxygen atoms in total. The van der Waals surface area contributed by atoms with E-state index in [-0.39, 0.29) is 5.91 Å². The lowest BCUT2D eigenvalue weighted by molar-refractivity contribution is -0.116. The van der Waals surface area contributed by atoms with E-state index in [9.17, 15) is 4.79 Å². The number of benzene rings is 1. The van der Waals surface area contributed by atoms with Crippen molar-refractivity contribution in [2.45, 2.75) is 19.4 Å². The summed E-state index contributed by atoms with van der Waals surface area (Å²) in [6.45, 7) is 6.21. The van der Waals surface area contributed by atoms with Crippen molar-refractivity contribution in [3.8, 4) is 0 Å². The van der Waals surface area contributed by atoms with Crippen LogP contribution in [0.2, 0.25) is 0 Å². The molecule has 1 heterocycles. The Kier molecular flexibility index (Phi) is 4.98. The molecular weight excluding hydrogens is 252 g/mol. The van der Waals surface area contributed by atoms with Crippen LogP contribution >= 0.6 is 0 Å². The van der Waals surface area contributed by atoms with Crippen LogP contribution in [0, 0.1) is 0 Å². The highest BCUT2D eigenvalue weighted by Crippen LogP contribution is 2.12. The Morgan fingerprint density at radius 1 is 1.35 bits per heavy atom. The van der Waals surface area contributed by atoms with Crippen LogP contribution in [0.25, 0.3) is 0 Å². The highest BCUT2D eigenvalue weighted by Gasteiger charge is 2.21. The first-order valence-electron chi connectivity index (χ1n) is 7.12. The average Bonchev–Trinajstić information content (AvgIpc) is 2.40. The van der Waals surface area contributed by atoms with Gasteiger partial charge in [0.25, 0.3) is 0 Å². The Hall–Kier alpha value is -1.59. The molecule has 1 saturated heterocycles. The number of anilines is 2. The zero-order chi connectivity index (χ0) is 14.5. The van der Waals surface area contributed by atoms with Crippen LogP contribution in [0.5, 0.6) is 0 Å². The third-order valence-electron chi connectivity index (χ3n) is 3.79. The van der Waals surface area contributed by atoms with Crippen molar-refractivity contribution in [3.05, 3.63) is 24.3 Å². The van der Waals surface area contributed by atoms with E-state index in [1.165, 1.54) is 0 Å². The van der Waals surface area contributed by atoms with Crippen molar-refractivity contribution in [1.82, 2.24) is 9.80 Å². The Bertz CT molecular complexity index is 446. The van der Waals surface area contributed by atoms with Crippen molar-refractivity contribution < 1.29 is 4.79 Å². The molecule has 5 heteroatoms. The fraction of sp³-hybridized carbons (Fsp3) is 0.533. The predicted molar refractivity (Wildman–Crippen MR) is 82.6 cm³/mol. The minimum Gasteiger partial charge on any atom is -0.399 e. The molecule has 1 aromatic rings. The smallest absolute Gasteiger partial charge is 0.225 e. The minimum absolute atomic E-state index is 0.0564. The van der Waals surface area contributed by atoms with Crippen molar-refractivity contribution in [2.24, 2.45) is 0 Å². The highest BCUT2D eigenvalue weighted by molar-refractivity contribution is 5.90. The van der Waals surface area contributed by atoms with Gasteiger partial charge in [-0.05, 0) is 38.2 Å². The number of likely N-dealkylation sites (N-methyl/N-ethyl adjacent to an activating group) is 1. The molecule has 20 heavy (non-hydrogen) atoms. The Balaban J connectivity index is 1.76. The van der Waals surface area contributed by atoms with E-state index in [2.05, 4.69) is 29.1 Å². The van der Waals surface area contributed by atoms with Gasteiger partial charge in [-0.25, -0.2) is 0 Å². The number of hydrogen-bond acceptors (Lipinski definition) is 4. The number of hydrogen-bond donors (Lipinski definition) is 2. The summed E-state index contributed by atoms with van der Waals surface area (Å²) >= 11 is 0. The summed E-state index contributed by atoms with van der Waals surface area (Å²) < 4.78 is 0. The largest absolute Gasteiger partial charge is 0.399 e. The first-order valence-corrected chi connectivity index (χ1v) is 7.12. The average molecular weight is 276 g/mol. The fourth-order valence-electron chi connectivity index (χ4n) is 2.54. The van der Waals surface area contributed by atoms with Crippen molar-refractivity contribution >= 4 is 17.3 Å². The van der Waals surface area contributed by atoms with E-state index in [4.69, 9.17) is 5.73 Å². The molecule has 0 radical (unpaired) electrons. The second-order valence-corrected chi connectivity index (χ2v) is 5.57. The number of nitrogens with one attached hydrogen (secondary N) is 1. The first kappa shape index (κ1) is 14.8. The topological polar surface area (TPSA) is 61.6 Å². The third kappa shape index (κ3) is 4.21. The van der Waals surface area contributed by atoms with Gasteiger partial charge in [-0.3, -0.25) is 9.69 Å². The molecular formula is C15H24N4O. The molecule has 1 aliphatic rings. The SMILES string of the molecule is CC1CN(C)CCN1CCC(=O)Nc1ccc(N)cc1. The Morgan fingerprint density at radius 3 is 2.70 bits per heavy atom. The second-order valence-electron chi connectivity index (χ2n) is 5.57. The standard InChI is InChI=1S/C15H24N4O/c1-12-11-18(2)9-10-19(12)8-7-15(20)17-14-5-3-13(16)4-6-14/h3-6,12H,7-11,16H2,1-2H3,(H,17,20). The molecule has 1 amide bonds. The minimum atomic E-state index is 0.0564. The van der Waals surface area contributed by atoms with E-state index in [1.54, 1.807) is 12.1 Å². The molecule has 3 N–H and O–H groups in total. The number of carbonyl (C=O) groups excluding carboxylic acids is 1. The monoisotopic (exact) mass is 276 g/mol. The summed E-state index contributed by atoms with van der Waals surface area (Å²) in [5.74, 6) is 0.0564. The fourth-order valence-corrected chi connectivity index (χ4v) is 2.54. The van der Waals surface area contributed by atoms with E-state index in [1.807, 2.05) is 12.1 Å². The van der Waals surface area contributed by atoms with E-state index in [0.717, 1.165) is 31.9 Å². The molecule has 0 saturated carbocycles. The number of nitrogen functional groups attached to an aromatic ring is 1. The number of nitrogens with zero attached hydrogens (tertiary/aromatic N) is 2. The zero-order valence-corrected chi connectivity index (χ0v) is 12.3. The lowest BCUT2D eigenvalue weighted by Crippen LogP contribution is -2.50. The summed E-state index contributed by atoms with van der Waals surface area (Å²) in [6.07, 6.45) is 0.526. The molecule has 0 aliphatic carbocycles. The lowest BCUT2D eigenvalue weighted by atomic mass is 10.2. The van der Waals surface area contributed by atoms with Crippen LogP contribution in [0.3, 0.4) is 0 Å². The summed E-state index contributed by atoms with van der Waals surface area (Å²) in [6, 6.07) is 7.74. The maximum atomic E-state index is 11.9. The van der Waals surface area contributed by atoms with Crippen LogP contribution in [0.4, 0.5) is 11.4 Å². The highest BCUT2D eigenvalue weighted by atomic mass is 16.1. The van der Waals surface area contributed by atoms with Gasteiger partial charge in [-0.2, -0.15) is 0 Å². The number of nitrogens with two attached hydrogens (primary N) is 1. The Labute approximate surface area is 120 Å². The van der Waals surface area contributed by atoms with Gasteiger partial charge in [0.05, 0.1) is 0 Å². The molecule has 1 atom stereocenters. The number of rotatable bonds is 4. The van der Waals surface area contributed by atoms with Gasteiger partial charge in [0.2, 0.25) is 5.91 Å². The van der Waals surface area contributed by atoms with Gasteiger partial charge in [0.1, 0.15) is 0 Å². The number of carbonyl (C=O) groups is 1. The van der Waals surface area contributed by atoms with Crippen LogP contribution in [0.15, 0.2) is 24.3 Å². The molecule has 0 spiro atoms. The first-order chi connectivity index (χ1) is 9.54. The van der Waals surface area contributed by atoms with Crippen molar-refractivity contribution in [1.29, 1.82) is 0 Å². The summed E-state index contributed by atoms with van der Waals surface area (Å²) in [7, 11) is 2.14. The molecule has 1 unspecified atom stereocenters. The number of piperazine rings is 1. The molecule has 110 valence electrons.